The van der Waals surface area contributed by atoms with E-state index in [4.69, 9.17) is 24.2 Å². The van der Waals surface area contributed by atoms with E-state index in [2.05, 4.69) is 26.6 Å². The van der Waals surface area contributed by atoms with E-state index in [9.17, 15) is 14.4 Å². The summed E-state index contributed by atoms with van der Waals surface area (Å²) < 4.78 is 21.9. The third kappa shape index (κ3) is 7.58. The zero-order chi connectivity index (χ0) is 40.1. The van der Waals surface area contributed by atoms with Gasteiger partial charge in [0.05, 0.1) is 30.4 Å². The molecular formula is C45H53N7O6. The van der Waals surface area contributed by atoms with E-state index in [0.29, 0.717) is 48.9 Å². The third-order valence-corrected chi connectivity index (χ3v) is 12.3. The molecule has 5 aromatic rings. The smallest absolute Gasteiger partial charge is 0.410 e. The van der Waals surface area contributed by atoms with E-state index in [0.717, 1.165) is 65.9 Å². The fourth-order valence-corrected chi connectivity index (χ4v) is 9.32. The topological polar surface area (TPSA) is 133 Å². The van der Waals surface area contributed by atoms with Crippen LogP contribution in [0.3, 0.4) is 0 Å². The number of benzene rings is 2. The molecule has 0 unspecified atom stereocenters. The quantitative estimate of drug-likeness (QED) is 0.153. The van der Waals surface area contributed by atoms with Crippen molar-refractivity contribution in [1.82, 2.24) is 34.2 Å². The standard InChI is InChI=1S/C45H53N7O6/c1-45(2,3)58-43(54)48-38-32-14-15-35(38)51(26-32)42(53)33-21-34-39(37(23-33)56-4)52(25-29-16-19-49(20-17-29)44(55)57-27-30-9-6-5-7-10-30)41(47-34)36-22-31-11-8-18-46-40(31)50(36)24-28-12-13-28/h5-11,18,21-23,28-29,32,35,38H,12-17,19-20,24-27H2,1-4H3,(H,48,54)/t32-,35-,38-/m1/s1. The Morgan fingerprint density at radius 1 is 0.879 bits per heavy atom. The van der Waals surface area contributed by atoms with Gasteiger partial charge < -0.3 is 38.5 Å². The average Bonchev–Trinajstić information content (AvgIpc) is 3.53. The monoisotopic (exact) mass is 787 g/mol. The number of alkyl carbamates (subject to hydrolysis) is 1. The van der Waals surface area contributed by atoms with Gasteiger partial charge in [0.1, 0.15) is 29.1 Å². The fraction of sp³-hybridized carbons (Fsp3) is 0.489. The maximum Gasteiger partial charge on any atom is 0.410 e. The Morgan fingerprint density at radius 2 is 1.64 bits per heavy atom. The number of imidazole rings is 1. The first-order valence-corrected chi connectivity index (χ1v) is 20.8. The molecule has 5 heterocycles. The Morgan fingerprint density at radius 3 is 2.38 bits per heavy atom. The van der Waals surface area contributed by atoms with Gasteiger partial charge in [-0.3, -0.25) is 4.79 Å². The molecule has 1 N–H and O–H groups in total. The van der Waals surface area contributed by atoms with Gasteiger partial charge in [-0.05, 0) is 113 Å². The first kappa shape index (κ1) is 38.0. The number of piperidine rings is 2. The summed E-state index contributed by atoms with van der Waals surface area (Å²) >= 11 is 0. The van der Waals surface area contributed by atoms with Gasteiger partial charge in [0.15, 0.2) is 5.82 Å². The Balaban J connectivity index is 1.02. The molecule has 4 fully saturated rings. The number of hydrogen-bond donors (Lipinski definition) is 1. The number of methoxy groups -OCH3 is 1. The number of rotatable bonds is 10. The summed E-state index contributed by atoms with van der Waals surface area (Å²) in [5.41, 5.74) is 4.30. The van der Waals surface area contributed by atoms with Crippen LogP contribution in [0.15, 0.2) is 66.9 Å². The first-order valence-electron chi connectivity index (χ1n) is 20.8. The molecular weight excluding hydrogens is 735 g/mol. The molecule has 2 saturated carbocycles. The number of aromatic nitrogens is 4. The molecule has 2 aliphatic heterocycles. The molecule has 2 aliphatic carbocycles. The molecule has 4 aliphatic rings. The summed E-state index contributed by atoms with van der Waals surface area (Å²) in [4.78, 5) is 54.1. The normalized spacial score (nSPS) is 20.9. The summed E-state index contributed by atoms with van der Waals surface area (Å²) in [6, 6.07) is 19.5. The molecule has 2 aromatic carbocycles. The van der Waals surface area contributed by atoms with Crippen molar-refractivity contribution in [1.29, 1.82) is 0 Å². The van der Waals surface area contributed by atoms with E-state index in [-0.39, 0.29) is 42.5 Å². The summed E-state index contributed by atoms with van der Waals surface area (Å²) in [7, 11) is 1.65. The first-order chi connectivity index (χ1) is 28.0. The lowest BCUT2D eigenvalue weighted by Gasteiger charge is -2.32. The Bertz CT molecular complexity index is 2340. The van der Waals surface area contributed by atoms with Gasteiger partial charge >= 0.3 is 12.2 Å². The van der Waals surface area contributed by atoms with E-state index >= 15 is 0 Å². The average molecular weight is 788 g/mol. The van der Waals surface area contributed by atoms with E-state index in [1.165, 1.54) is 12.8 Å². The number of fused-ring (bicyclic) bond motifs is 4. The lowest BCUT2D eigenvalue weighted by atomic mass is 9.96. The van der Waals surface area contributed by atoms with Gasteiger partial charge in [-0.1, -0.05) is 30.3 Å². The maximum atomic E-state index is 14.4. The van der Waals surface area contributed by atoms with Crippen LogP contribution in [0.25, 0.3) is 33.6 Å². The third-order valence-electron chi connectivity index (χ3n) is 12.3. The SMILES string of the molecule is COc1cc(C(=O)N2C[C@H]3CC[C@@H]2[C@@H]3NC(=O)OC(C)(C)C)cc2nc(-c3cc4cccnc4n3CC3CC3)n(CC3CCN(C(=O)OCc4ccccc4)CC3)c12. The van der Waals surface area contributed by atoms with Crippen LogP contribution in [-0.4, -0.2) is 91.4 Å². The number of nitrogens with zero attached hydrogens (tertiary/aromatic N) is 6. The predicted molar refractivity (Wildman–Crippen MR) is 219 cm³/mol. The molecule has 0 spiro atoms. The highest BCUT2D eigenvalue weighted by Gasteiger charge is 2.50. The summed E-state index contributed by atoms with van der Waals surface area (Å²) in [5.74, 6) is 2.31. The van der Waals surface area contributed by atoms with Crippen LogP contribution in [0.4, 0.5) is 9.59 Å². The highest BCUT2D eigenvalue weighted by atomic mass is 16.6. The molecule has 9 rings (SSSR count). The number of carbonyl (C=O) groups excluding carboxylic acids is 3. The van der Waals surface area contributed by atoms with E-state index in [1.807, 2.05) is 85.3 Å². The molecule has 3 amide bonds. The van der Waals surface area contributed by atoms with Crippen LogP contribution in [0.1, 0.15) is 75.2 Å². The van der Waals surface area contributed by atoms with Crippen molar-refractivity contribution in [2.24, 2.45) is 17.8 Å². The van der Waals surface area contributed by atoms with Crippen molar-refractivity contribution in [3.05, 3.63) is 78.0 Å². The molecule has 304 valence electrons. The fourth-order valence-electron chi connectivity index (χ4n) is 9.32. The summed E-state index contributed by atoms with van der Waals surface area (Å²) in [6.45, 7) is 9.08. The Labute approximate surface area is 338 Å². The van der Waals surface area contributed by atoms with Gasteiger partial charge in [0, 0.05) is 49.9 Å². The molecule has 2 bridgehead atoms. The largest absolute Gasteiger partial charge is 0.494 e. The zero-order valence-electron chi connectivity index (χ0n) is 33.9. The van der Waals surface area contributed by atoms with Crippen molar-refractivity contribution in [3.8, 4) is 17.3 Å². The number of ether oxygens (including phenoxy) is 3. The molecule has 58 heavy (non-hydrogen) atoms. The summed E-state index contributed by atoms with van der Waals surface area (Å²) in [6.07, 6.45) is 6.87. The van der Waals surface area contributed by atoms with Gasteiger partial charge in [0.25, 0.3) is 5.91 Å². The van der Waals surface area contributed by atoms with Crippen molar-refractivity contribution in [2.75, 3.05) is 26.7 Å². The highest BCUT2D eigenvalue weighted by molar-refractivity contribution is 6.00. The van der Waals surface area contributed by atoms with Crippen LogP contribution in [0.5, 0.6) is 5.75 Å². The molecule has 3 atom stereocenters. The van der Waals surface area contributed by atoms with Crippen molar-refractivity contribution in [3.63, 3.8) is 0 Å². The second-order valence-corrected chi connectivity index (χ2v) is 17.6. The number of pyridine rings is 1. The Hall–Kier alpha value is -5.59. The second-order valence-electron chi connectivity index (χ2n) is 17.6. The highest BCUT2D eigenvalue weighted by Crippen LogP contribution is 2.42. The number of hydrogen-bond acceptors (Lipinski definition) is 8. The van der Waals surface area contributed by atoms with Crippen molar-refractivity contribution >= 4 is 40.2 Å². The Kier molecular flexibility index (Phi) is 10.0. The van der Waals surface area contributed by atoms with Crippen LogP contribution < -0.4 is 10.1 Å². The number of likely N-dealkylation sites (tertiary alicyclic amines) is 2. The minimum atomic E-state index is -0.609. The van der Waals surface area contributed by atoms with Gasteiger partial charge in [-0.25, -0.2) is 19.6 Å². The van der Waals surface area contributed by atoms with Crippen LogP contribution >= 0.6 is 0 Å². The zero-order valence-corrected chi connectivity index (χ0v) is 33.9. The van der Waals surface area contributed by atoms with Crippen LogP contribution in [0, 0.1) is 17.8 Å². The van der Waals surface area contributed by atoms with Gasteiger partial charge in [-0.15, -0.1) is 0 Å². The van der Waals surface area contributed by atoms with Crippen molar-refractivity contribution < 1.29 is 28.6 Å². The second kappa shape index (κ2) is 15.3. The number of nitrogens with one attached hydrogen (secondary N) is 1. The van der Waals surface area contributed by atoms with Gasteiger partial charge in [0.2, 0.25) is 0 Å². The molecule has 3 aromatic heterocycles. The summed E-state index contributed by atoms with van der Waals surface area (Å²) in [5, 5.41) is 4.13. The van der Waals surface area contributed by atoms with Crippen molar-refractivity contribution in [2.45, 2.75) is 96.7 Å². The van der Waals surface area contributed by atoms with E-state index < -0.39 is 11.7 Å². The minimum Gasteiger partial charge on any atom is -0.494 e. The lowest BCUT2D eigenvalue weighted by molar-refractivity contribution is 0.0485. The lowest BCUT2D eigenvalue weighted by Crippen LogP contribution is -2.46. The minimum absolute atomic E-state index is 0.0990. The molecule has 0 radical (unpaired) electrons. The van der Waals surface area contributed by atoms with Crippen LogP contribution in [0.2, 0.25) is 0 Å². The molecule has 13 heteroatoms. The van der Waals surface area contributed by atoms with Crippen LogP contribution in [-0.2, 0) is 29.2 Å². The number of carbonyl (C=O) groups is 3. The maximum absolute atomic E-state index is 14.4. The molecule has 2 saturated heterocycles. The predicted octanol–water partition coefficient (Wildman–Crippen LogP) is 7.65. The number of amides is 3. The molecule has 13 nitrogen and oxygen atoms in total. The van der Waals surface area contributed by atoms with E-state index in [1.54, 1.807) is 7.11 Å². The van der Waals surface area contributed by atoms with Gasteiger partial charge in [-0.2, -0.15) is 0 Å².